The Labute approximate surface area is 171 Å². The van der Waals surface area contributed by atoms with Crippen LogP contribution in [0.15, 0.2) is 64.8 Å². The molecule has 0 radical (unpaired) electrons. The van der Waals surface area contributed by atoms with Gasteiger partial charge in [-0.3, -0.25) is 4.79 Å². The monoisotopic (exact) mass is 408 g/mol. The average molecular weight is 409 g/mol. The number of thioether (sulfide) groups is 1. The maximum absolute atomic E-state index is 12.7. The van der Waals surface area contributed by atoms with E-state index in [0.717, 1.165) is 33.0 Å². The summed E-state index contributed by atoms with van der Waals surface area (Å²) in [6.45, 7) is 2.63. The van der Waals surface area contributed by atoms with E-state index in [1.165, 1.54) is 11.3 Å². The van der Waals surface area contributed by atoms with Gasteiger partial charge in [0.2, 0.25) is 0 Å². The lowest BCUT2D eigenvalue weighted by molar-refractivity contribution is 0.337. The highest BCUT2D eigenvalue weighted by Gasteiger charge is 2.13. The predicted molar refractivity (Wildman–Crippen MR) is 118 cm³/mol. The highest BCUT2D eigenvalue weighted by atomic mass is 32.2. The molecule has 2 aromatic heterocycles. The van der Waals surface area contributed by atoms with Crippen molar-refractivity contribution < 1.29 is 4.74 Å². The van der Waals surface area contributed by atoms with Crippen molar-refractivity contribution in [2.24, 2.45) is 0 Å². The molecule has 28 heavy (non-hydrogen) atoms. The van der Waals surface area contributed by atoms with Crippen molar-refractivity contribution in [2.75, 3.05) is 6.61 Å². The molecule has 4 nitrogen and oxygen atoms in total. The number of nitrogens with zero attached hydrogens (tertiary/aromatic N) is 1. The van der Waals surface area contributed by atoms with Crippen LogP contribution in [-0.4, -0.2) is 16.6 Å². The summed E-state index contributed by atoms with van der Waals surface area (Å²) >= 11 is 3.23. The van der Waals surface area contributed by atoms with Gasteiger partial charge >= 0.3 is 0 Å². The van der Waals surface area contributed by atoms with Crippen molar-refractivity contribution >= 4 is 33.3 Å². The maximum Gasteiger partial charge on any atom is 0.260 e. The highest BCUT2D eigenvalue weighted by Crippen LogP contribution is 2.31. The first kappa shape index (κ1) is 18.8. The first-order valence-electron chi connectivity index (χ1n) is 9.10. The number of para-hydroxylation sites is 1. The molecule has 142 valence electrons. The van der Waals surface area contributed by atoms with Gasteiger partial charge in [0.1, 0.15) is 16.4 Å². The van der Waals surface area contributed by atoms with Gasteiger partial charge in [0.25, 0.3) is 5.56 Å². The molecule has 1 N–H and O–H groups in total. The number of H-pyrrole nitrogens is 1. The van der Waals surface area contributed by atoms with Crippen LogP contribution in [0.4, 0.5) is 0 Å². The molecule has 0 aliphatic carbocycles. The van der Waals surface area contributed by atoms with Crippen molar-refractivity contribution in [3.63, 3.8) is 0 Å². The first-order chi connectivity index (χ1) is 13.8. The molecule has 0 saturated carbocycles. The number of benzene rings is 2. The van der Waals surface area contributed by atoms with Crippen molar-refractivity contribution in [3.8, 4) is 16.9 Å². The Bertz CT molecular complexity index is 1140. The zero-order valence-corrected chi connectivity index (χ0v) is 17.1. The van der Waals surface area contributed by atoms with Crippen molar-refractivity contribution in [3.05, 3.63) is 81.7 Å². The van der Waals surface area contributed by atoms with E-state index in [0.29, 0.717) is 23.6 Å². The molecular formula is C22H20N2O2S2. The van der Waals surface area contributed by atoms with E-state index in [1.807, 2.05) is 60.8 Å². The quantitative estimate of drug-likeness (QED) is 0.440. The van der Waals surface area contributed by atoms with Gasteiger partial charge in [-0.05, 0) is 18.6 Å². The molecule has 0 aliphatic rings. The number of ether oxygens (including phenoxy) is 1. The Morgan fingerprint density at radius 2 is 1.86 bits per heavy atom. The summed E-state index contributed by atoms with van der Waals surface area (Å²) in [5.74, 6) is 3.07. The van der Waals surface area contributed by atoms with Crippen LogP contribution in [0.2, 0.25) is 0 Å². The normalized spacial score (nSPS) is 11.0. The van der Waals surface area contributed by atoms with Crippen LogP contribution in [0.1, 0.15) is 18.3 Å². The van der Waals surface area contributed by atoms with Crippen LogP contribution in [0.5, 0.6) is 5.75 Å². The fourth-order valence-electron chi connectivity index (χ4n) is 3.07. The lowest BCUT2D eigenvalue weighted by Crippen LogP contribution is -2.10. The minimum absolute atomic E-state index is 0.0737. The van der Waals surface area contributed by atoms with E-state index >= 15 is 0 Å². The van der Waals surface area contributed by atoms with Gasteiger partial charge in [0.05, 0.1) is 17.7 Å². The minimum atomic E-state index is -0.0737. The number of aromatic amines is 1. The van der Waals surface area contributed by atoms with E-state index in [4.69, 9.17) is 4.74 Å². The maximum atomic E-state index is 12.7. The zero-order chi connectivity index (χ0) is 19.3. The molecule has 0 amide bonds. The second-order valence-electron chi connectivity index (χ2n) is 6.24. The zero-order valence-electron chi connectivity index (χ0n) is 15.5. The van der Waals surface area contributed by atoms with Gasteiger partial charge in [-0.2, -0.15) is 0 Å². The Morgan fingerprint density at radius 3 is 2.68 bits per heavy atom. The van der Waals surface area contributed by atoms with E-state index in [-0.39, 0.29) is 5.56 Å². The van der Waals surface area contributed by atoms with Crippen LogP contribution >= 0.6 is 23.1 Å². The van der Waals surface area contributed by atoms with Crippen molar-refractivity contribution in [1.29, 1.82) is 0 Å². The lowest BCUT2D eigenvalue weighted by atomic mass is 10.1. The summed E-state index contributed by atoms with van der Waals surface area (Å²) in [7, 11) is 0. The Balaban J connectivity index is 1.52. The molecular weight excluding hydrogens is 388 g/mol. The molecule has 4 aromatic rings. The molecule has 0 bridgehead atoms. The van der Waals surface area contributed by atoms with Crippen molar-refractivity contribution in [1.82, 2.24) is 9.97 Å². The molecule has 2 aromatic carbocycles. The second-order valence-corrected chi connectivity index (χ2v) is 8.09. The fourth-order valence-corrected chi connectivity index (χ4v) is 4.93. The Kier molecular flexibility index (Phi) is 5.78. The fraction of sp³-hybridized carbons (Fsp3) is 0.182. The van der Waals surface area contributed by atoms with E-state index in [1.54, 1.807) is 11.8 Å². The van der Waals surface area contributed by atoms with Crippen molar-refractivity contribution in [2.45, 2.75) is 18.4 Å². The summed E-state index contributed by atoms with van der Waals surface area (Å²) in [5.41, 5.74) is 3.06. The average Bonchev–Trinajstić information content (AvgIpc) is 3.15. The first-order valence-corrected chi connectivity index (χ1v) is 11.1. The number of rotatable bonds is 7. The predicted octanol–water partition coefficient (Wildman–Crippen LogP) is 5.48. The molecule has 0 fully saturated rings. The molecule has 4 rings (SSSR count). The number of thiophene rings is 1. The minimum Gasteiger partial charge on any atom is -0.494 e. The second kappa shape index (κ2) is 8.63. The standard InChI is InChI=1S/C22H20N2O2S2/c1-2-26-18-11-7-6-10-16(18)12-27-14-19-23-21(25)20-17(13-28-22(20)24-19)15-8-4-3-5-9-15/h3-11,13H,2,12,14H2,1H3,(H,23,24,25). The molecule has 0 saturated heterocycles. The summed E-state index contributed by atoms with van der Waals surface area (Å²) in [6.07, 6.45) is 0. The van der Waals surface area contributed by atoms with Crippen LogP contribution < -0.4 is 10.3 Å². The number of hydrogen-bond donors (Lipinski definition) is 1. The van der Waals surface area contributed by atoms with Gasteiger partial charge in [0.15, 0.2) is 0 Å². The molecule has 0 atom stereocenters. The molecule has 0 aliphatic heterocycles. The number of aromatic nitrogens is 2. The van der Waals surface area contributed by atoms with Gasteiger partial charge in [-0.1, -0.05) is 48.5 Å². The van der Waals surface area contributed by atoms with Gasteiger partial charge in [-0.25, -0.2) is 4.98 Å². The highest BCUT2D eigenvalue weighted by molar-refractivity contribution is 7.97. The third kappa shape index (κ3) is 3.98. The van der Waals surface area contributed by atoms with Crippen LogP contribution in [-0.2, 0) is 11.5 Å². The molecule has 2 heterocycles. The third-order valence-corrected chi connectivity index (χ3v) is 6.21. The van der Waals surface area contributed by atoms with E-state index in [2.05, 4.69) is 16.0 Å². The Morgan fingerprint density at radius 1 is 1.07 bits per heavy atom. The van der Waals surface area contributed by atoms with Crippen LogP contribution in [0, 0.1) is 0 Å². The smallest absolute Gasteiger partial charge is 0.260 e. The lowest BCUT2D eigenvalue weighted by Gasteiger charge is -2.09. The number of hydrogen-bond acceptors (Lipinski definition) is 5. The summed E-state index contributed by atoms with van der Waals surface area (Å²) < 4.78 is 5.68. The molecule has 0 spiro atoms. The Hall–Kier alpha value is -2.57. The third-order valence-electron chi connectivity index (χ3n) is 4.35. The topological polar surface area (TPSA) is 55.0 Å². The number of nitrogens with one attached hydrogen (secondary N) is 1. The molecule has 0 unspecified atom stereocenters. The van der Waals surface area contributed by atoms with Crippen LogP contribution in [0.25, 0.3) is 21.3 Å². The van der Waals surface area contributed by atoms with Gasteiger partial charge in [0, 0.05) is 22.3 Å². The van der Waals surface area contributed by atoms with E-state index < -0.39 is 0 Å². The summed E-state index contributed by atoms with van der Waals surface area (Å²) in [6, 6.07) is 18.0. The van der Waals surface area contributed by atoms with E-state index in [9.17, 15) is 4.79 Å². The largest absolute Gasteiger partial charge is 0.494 e. The SMILES string of the molecule is CCOc1ccccc1CSCc1nc2scc(-c3ccccc3)c2c(=O)[nH]1. The summed E-state index contributed by atoms with van der Waals surface area (Å²) in [4.78, 5) is 21.1. The van der Waals surface area contributed by atoms with Gasteiger partial charge < -0.3 is 9.72 Å². The summed E-state index contributed by atoms with van der Waals surface area (Å²) in [5, 5.41) is 2.68. The number of fused-ring (bicyclic) bond motifs is 1. The molecule has 6 heteroatoms. The van der Waals surface area contributed by atoms with Crippen LogP contribution in [0.3, 0.4) is 0 Å². The van der Waals surface area contributed by atoms with Gasteiger partial charge in [-0.15, -0.1) is 23.1 Å².